The van der Waals surface area contributed by atoms with E-state index in [1.165, 1.54) is 24.8 Å². The van der Waals surface area contributed by atoms with E-state index in [0.717, 1.165) is 38.9 Å². The van der Waals surface area contributed by atoms with Gasteiger partial charge in [-0.1, -0.05) is 11.6 Å². The fourth-order valence-corrected chi connectivity index (χ4v) is 3.11. The van der Waals surface area contributed by atoms with Crippen molar-refractivity contribution in [2.75, 3.05) is 19.6 Å². The van der Waals surface area contributed by atoms with E-state index >= 15 is 0 Å². The second-order valence-electron chi connectivity index (χ2n) is 7.23. The summed E-state index contributed by atoms with van der Waals surface area (Å²) in [6.07, 6.45) is 9.36. The van der Waals surface area contributed by atoms with E-state index in [9.17, 15) is 4.79 Å². The smallest absolute Gasteiger partial charge is 0.225 e. The number of nitrogens with one attached hydrogen (secondary N) is 1. The van der Waals surface area contributed by atoms with Crippen LogP contribution in [0.3, 0.4) is 0 Å². The van der Waals surface area contributed by atoms with Crippen molar-refractivity contribution in [3.63, 3.8) is 0 Å². The third-order valence-electron chi connectivity index (χ3n) is 4.66. The topological polar surface area (TPSA) is 32.3 Å². The van der Waals surface area contributed by atoms with Gasteiger partial charge in [-0.3, -0.25) is 4.79 Å². The number of allylic oxidation sites excluding steroid dienone is 2. The molecule has 0 aromatic carbocycles. The van der Waals surface area contributed by atoms with Crippen LogP contribution >= 0.6 is 0 Å². The molecular formula is C18H32N2O. The van der Waals surface area contributed by atoms with Gasteiger partial charge in [-0.05, 0) is 71.8 Å². The zero-order valence-corrected chi connectivity index (χ0v) is 14.0. The highest BCUT2D eigenvalue weighted by Gasteiger charge is 2.35. The first kappa shape index (κ1) is 16.5. The van der Waals surface area contributed by atoms with E-state index in [-0.39, 0.29) is 0 Å². The van der Waals surface area contributed by atoms with Crippen molar-refractivity contribution < 1.29 is 4.79 Å². The van der Waals surface area contributed by atoms with Gasteiger partial charge in [0, 0.05) is 25.0 Å². The fraction of sp³-hybridized carbons (Fsp3) is 0.833. The molecule has 3 nitrogen and oxygen atoms in total. The molecule has 1 aliphatic carbocycles. The Hall–Kier alpha value is -0.830. The summed E-state index contributed by atoms with van der Waals surface area (Å²) in [5.41, 5.74) is 1.41. The Balaban J connectivity index is 1.65. The van der Waals surface area contributed by atoms with Crippen LogP contribution in [-0.4, -0.2) is 36.5 Å². The molecule has 1 heterocycles. The quantitative estimate of drug-likeness (QED) is 0.730. The summed E-state index contributed by atoms with van der Waals surface area (Å²) in [6.45, 7) is 9.61. The van der Waals surface area contributed by atoms with Crippen LogP contribution in [0.15, 0.2) is 11.6 Å². The molecule has 2 fully saturated rings. The van der Waals surface area contributed by atoms with E-state index in [1.807, 2.05) is 0 Å². The molecule has 3 heteroatoms. The van der Waals surface area contributed by atoms with Crippen LogP contribution in [-0.2, 0) is 4.79 Å². The lowest BCUT2D eigenvalue weighted by Gasteiger charge is -2.33. The second kappa shape index (κ2) is 7.98. The van der Waals surface area contributed by atoms with Crippen LogP contribution in [0.5, 0.6) is 0 Å². The van der Waals surface area contributed by atoms with Crippen molar-refractivity contribution in [2.24, 2.45) is 11.8 Å². The number of rotatable bonds is 7. The Morgan fingerprint density at radius 1 is 1.33 bits per heavy atom. The van der Waals surface area contributed by atoms with E-state index in [4.69, 9.17) is 0 Å². The van der Waals surface area contributed by atoms with Crippen LogP contribution in [0.25, 0.3) is 0 Å². The average Bonchev–Trinajstić information content (AvgIpc) is 3.29. The van der Waals surface area contributed by atoms with Crippen LogP contribution < -0.4 is 5.32 Å². The summed E-state index contributed by atoms with van der Waals surface area (Å²) in [7, 11) is 0. The normalized spacial score (nSPS) is 23.8. The van der Waals surface area contributed by atoms with E-state index in [2.05, 4.69) is 37.1 Å². The minimum Gasteiger partial charge on any atom is -0.342 e. The van der Waals surface area contributed by atoms with E-state index in [0.29, 0.717) is 23.8 Å². The summed E-state index contributed by atoms with van der Waals surface area (Å²) in [5.74, 6) is 1.45. The van der Waals surface area contributed by atoms with Crippen LogP contribution in [0, 0.1) is 11.8 Å². The summed E-state index contributed by atoms with van der Waals surface area (Å²) >= 11 is 0. The average molecular weight is 292 g/mol. The Labute approximate surface area is 130 Å². The van der Waals surface area contributed by atoms with Gasteiger partial charge in [0.1, 0.15) is 0 Å². The maximum Gasteiger partial charge on any atom is 0.225 e. The third kappa shape index (κ3) is 5.82. The van der Waals surface area contributed by atoms with Crippen LogP contribution in [0.2, 0.25) is 0 Å². The zero-order valence-electron chi connectivity index (χ0n) is 14.0. The van der Waals surface area contributed by atoms with Crippen LogP contribution in [0.4, 0.5) is 0 Å². The number of piperidine rings is 1. The molecule has 2 atom stereocenters. The second-order valence-corrected chi connectivity index (χ2v) is 7.23. The van der Waals surface area contributed by atoms with Gasteiger partial charge in [0.15, 0.2) is 0 Å². The number of likely N-dealkylation sites (tertiary alicyclic amines) is 1. The number of carbonyl (C=O) groups excluding carboxylic acids is 1. The Bertz CT molecular complexity index is 369. The highest BCUT2D eigenvalue weighted by Crippen LogP contribution is 2.32. The Kier molecular flexibility index (Phi) is 6.28. The minimum absolute atomic E-state index is 0.375. The maximum atomic E-state index is 12.1. The number of hydrogen-bond acceptors (Lipinski definition) is 2. The molecule has 1 aliphatic heterocycles. The molecule has 2 unspecified atom stereocenters. The summed E-state index contributed by atoms with van der Waals surface area (Å²) in [4.78, 5) is 14.3. The largest absolute Gasteiger partial charge is 0.342 e. The van der Waals surface area contributed by atoms with Crippen molar-refractivity contribution in [3.8, 4) is 0 Å². The lowest BCUT2D eigenvalue weighted by molar-refractivity contribution is -0.134. The van der Waals surface area contributed by atoms with Crippen molar-refractivity contribution in [1.82, 2.24) is 10.2 Å². The molecule has 21 heavy (non-hydrogen) atoms. The SMILES string of the molecule is CC(C)=CCCC(C)NCC1CCCN(C(=O)C2CC2)C1. The van der Waals surface area contributed by atoms with Crippen molar-refractivity contribution in [3.05, 3.63) is 11.6 Å². The maximum absolute atomic E-state index is 12.1. The number of amides is 1. The van der Waals surface area contributed by atoms with Gasteiger partial charge in [0.05, 0.1) is 0 Å². The van der Waals surface area contributed by atoms with Crippen molar-refractivity contribution in [1.29, 1.82) is 0 Å². The number of nitrogens with zero attached hydrogens (tertiary/aromatic N) is 1. The van der Waals surface area contributed by atoms with Crippen molar-refractivity contribution in [2.45, 2.75) is 65.3 Å². The summed E-state index contributed by atoms with van der Waals surface area (Å²) in [6, 6.07) is 0.565. The standard InChI is InChI=1S/C18H32N2O/c1-14(2)6-4-7-15(3)19-12-16-8-5-11-20(13-16)18(21)17-9-10-17/h6,15-17,19H,4-5,7-13H2,1-3H3. The molecule has 0 bridgehead atoms. The molecule has 0 aromatic heterocycles. The van der Waals surface area contributed by atoms with Gasteiger partial charge in [-0.25, -0.2) is 0 Å². The third-order valence-corrected chi connectivity index (χ3v) is 4.66. The highest BCUT2D eigenvalue weighted by atomic mass is 16.2. The number of hydrogen-bond donors (Lipinski definition) is 1. The molecule has 120 valence electrons. The lowest BCUT2D eigenvalue weighted by atomic mass is 9.97. The van der Waals surface area contributed by atoms with E-state index in [1.54, 1.807) is 0 Å². The molecule has 0 radical (unpaired) electrons. The predicted octanol–water partition coefficient (Wildman–Crippen LogP) is 3.36. The molecule has 1 saturated carbocycles. The first-order valence-electron chi connectivity index (χ1n) is 8.71. The van der Waals surface area contributed by atoms with Gasteiger partial charge in [-0.15, -0.1) is 0 Å². The number of carbonyl (C=O) groups is 1. The molecule has 1 saturated heterocycles. The molecule has 2 rings (SSSR count). The lowest BCUT2D eigenvalue weighted by Crippen LogP contribution is -2.44. The Morgan fingerprint density at radius 2 is 2.10 bits per heavy atom. The Morgan fingerprint density at radius 3 is 2.76 bits per heavy atom. The first-order chi connectivity index (χ1) is 10.1. The van der Waals surface area contributed by atoms with Gasteiger partial charge in [-0.2, -0.15) is 0 Å². The summed E-state index contributed by atoms with van der Waals surface area (Å²) < 4.78 is 0. The highest BCUT2D eigenvalue weighted by molar-refractivity contribution is 5.81. The molecular weight excluding hydrogens is 260 g/mol. The summed E-state index contributed by atoms with van der Waals surface area (Å²) in [5, 5.41) is 3.66. The first-order valence-corrected chi connectivity index (χ1v) is 8.71. The molecule has 0 spiro atoms. The molecule has 1 amide bonds. The van der Waals surface area contributed by atoms with E-state index < -0.39 is 0 Å². The minimum atomic E-state index is 0.375. The van der Waals surface area contributed by atoms with Gasteiger partial charge >= 0.3 is 0 Å². The monoisotopic (exact) mass is 292 g/mol. The fourth-order valence-electron chi connectivity index (χ4n) is 3.11. The molecule has 2 aliphatic rings. The van der Waals surface area contributed by atoms with Crippen LogP contribution in [0.1, 0.15) is 59.3 Å². The molecule has 0 aromatic rings. The van der Waals surface area contributed by atoms with Gasteiger partial charge in [0.2, 0.25) is 5.91 Å². The predicted molar refractivity (Wildman–Crippen MR) is 88.2 cm³/mol. The molecule has 1 N–H and O–H groups in total. The zero-order chi connectivity index (χ0) is 15.2. The van der Waals surface area contributed by atoms with Gasteiger partial charge < -0.3 is 10.2 Å². The van der Waals surface area contributed by atoms with Gasteiger partial charge in [0.25, 0.3) is 0 Å². The van der Waals surface area contributed by atoms with Crippen molar-refractivity contribution >= 4 is 5.91 Å².